The fourth-order valence-electron chi connectivity index (χ4n) is 1.66. The Morgan fingerprint density at radius 1 is 1.15 bits per heavy atom. The number of aryl methyl sites for hydroxylation is 1. The molecular weight excluding hydrogens is 291 g/mol. The van der Waals surface area contributed by atoms with E-state index in [1.165, 1.54) is 0 Å². The minimum Gasteiger partial charge on any atom is -0.261 e. The Hall–Kier alpha value is -1.69. The van der Waals surface area contributed by atoms with E-state index in [9.17, 15) is 13.2 Å². The van der Waals surface area contributed by atoms with Crippen LogP contribution >= 0.6 is 11.6 Å². The zero-order valence-electron chi connectivity index (χ0n) is 10.6. The predicted molar refractivity (Wildman–Crippen MR) is 68.5 cm³/mol. The number of hydrogen-bond donors (Lipinski definition) is 0. The fourth-order valence-corrected chi connectivity index (χ4v) is 1.86. The molecule has 0 unspecified atom stereocenters. The molecule has 0 aliphatic rings. The topological polar surface area (TPSA) is 38.7 Å². The first-order chi connectivity index (χ1) is 9.38. The Bertz CT molecular complexity index is 597. The number of alkyl halides is 3. The molecule has 0 radical (unpaired) electrons. The van der Waals surface area contributed by atoms with Gasteiger partial charge in [0.05, 0.1) is 5.69 Å². The molecule has 0 aromatic carbocycles. The van der Waals surface area contributed by atoms with Crippen LogP contribution in [0.15, 0.2) is 24.4 Å². The predicted octanol–water partition coefficient (Wildman–Crippen LogP) is 3.70. The third-order valence-electron chi connectivity index (χ3n) is 2.70. The number of pyridine rings is 1. The van der Waals surface area contributed by atoms with Crippen LogP contribution in [0, 0.1) is 0 Å². The highest BCUT2D eigenvalue weighted by molar-refractivity contribution is 6.28. The number of rotatable bonds is 3. The molecule has 0 saturated heterocycles. The highest BCUT2D eigenvalue weighted by atomic mass is 35.5. The zero-order chi connectivity index (χ0) is 14.8. The molecule has 3 nitrogen and oxygen atoms in total. The smallest absolute Gasteiger partial charge is 0.261 e. The molecule has 0 saturated carbocycles. The summed E-state index contributed by atoms with van der Waals surface area (Å²) in [6.07, 6.45) is -1.82. The number of nitrogens with zero attached hydrogens (tertiary/aromatic N) is 3. The van der Waals surface area contributed by atoms with Crippen molar-refractivity contribution >= 4 is 11.6 Å². The lowest BCUT2D eigenvalue weighted by molar-refractivity contribution is -0.141. The summed E-state index contributed by atoms with van der Waals surface area (Å²) in [5.74, 6) is 0. The molecule has 0 aliphatic heterocycles. The number of halogens is 4. The van der Waals surface area contributed by atoms with Crippen LogP contribution < -0.4 is 0 Å². The zero-order valence-corrected chi connectivity index (χ0v) is 11.3. The van der Waals surface area contributed by atoms with Crippen molar-refractivity contribution in [1.82, 2.24) is 15.0 Å². The van der Waals surface area contributed by atoms with Crippen molar-refractivity contribution in [3.8, 4) is 0 Å². The van der Waals surface area contributed by atoms with Gasteiger partial charge in [-0.2, -0.15) is 13.2 Å². The molecule has 106 valence electrons. The van der Waals surface area contributed by atoms with Gasteiger partial charge in [0.15, 0.2) is 0 Å². The SMILES string of the molecule is CCc1ccc(Cc2cc(C(F)(F)F)nc(Cl)n2)nc1. The molecule has 0 aliphatic carbocycles. The van der Waals surface area contributed by atoms with Crippen LogP contribution in [0.4, 0.5) is 13.2 Å². The summed E-state index contributed by atoms with van der Waals surface area (Å²) in [4.78, 5) is 11.2. The van der Waals surface area contributed by atoms with Crippen molar-refractivity contribution < 1.29 is 13.2 Å². The first-order valence-corrected chi connectivity index (χ1v) is 6.30. The molecule has 0 bridgehead atoms. The lowest BCUT2D eigenvalue weighted by Crippen LogP contribution is -2.10. The van der Waals surface area contributed by atoms with Gasteiger partial charge in [-0.1, -0.05) is 13.0 Å². The normalized spacial score (nSPS) is 11.7. The Labute approximate surface area is 118 Å². The van der Waals surface area contributed by atoms with Gasteiger partial charge in [-0.3, -0.25) is 4.98 Å². The van der Waals surface area contributed by atoms with Crippen molar-refractivity contribution in [1.29, 1.82) is 0 Å². The summed E-state index contributed by atoms with van der Waals surface area (Å²) in [6, 6.07) is 4.54. The first kappa shape index (κ1) is 14.7. The summed E-state index contributed by atoms with van der Waals surface area (Å²) in [5.41, 5.74) is 0.835. The van der Waals surface area contributed by atoms with Crippen LogP contribution in [-0.4, -0.2) is 15.0 Å². The van der Waals surface area contributed by atoms with E-state index in [-0.39, 0.29) is 12.1 Å². The highest BCUT2D eigenvalue weighted by Crippen LogP contribution is 2.28. The lowest BCUT2D eigenvalue weighted by atomic mass is 10.1. The maximum absolute atomic E-state index is 12.6. The Kier molecular flexibility index (Phi) is 4.23. The van der Waals surface area contributed by atoms with E-state index < -0.39 is 17.2 Å². The van der Waals surface area contributed by atoms with Gasteiger partial charge < -0.3 is 0 Å². The quantitative estimate of drug-likeness (QED) is 0.811. The van der Waals surface area contributed by atoms with E-state index in [2.05, 4.69) is 15.0 Å². The summed E-state index contributed by atoms with van der Waals surface area (Å²) in [5, 5.41) is -0.417. The van der Waals surface area contributed by atoms with Gasteiger partial charge in [0.25, 0.3) is 0 Å². The molecule has 7 heteroatoms. The van der Waals surface area contributed by atoms with Crippen LogP contribution in [-0.2, 0) is 19.0 Å². The van der Waals surface area contributed by atoms with E-state index in [1.54, 1.807) is 12.3 Å². The molecule has 0 spiro atoms. The molecule has 20 heavy (non-hydrogen) atoms. The minimum atomic E-state index is -4.54. The van der Waals surface area contributed by atoms with Crippen molar-refractivity contribution in [2.24, 2.45) is 0 Å². The van der Waals surface area contributed by atoms with E-state index >= 15 is 0 Å². The third-order valence-corrected chi connectivity index (χ3v) is 2.87. The molecule has 0 fully saturated rings. The van der Waals surface area contributed by atoms with Gasteiger partial charge in [0, 0.05) is 18.3 Å². The van der Waals surface area contributed by atoms with Crippen LogP contribution in [0.3, 0.4) is 0 Å². The van der Waals surface area contributed by atoms with Gasteiger partial charge in [0.2, 0.25) is 5.28 Å². The molecule has 2 aromatic heterocycles. The van der Waals surface area contributed by atoms with E-state index in [0.29, 0.717) is 5.69 Å². The van der Waals surface area contributed by atoms with Gasteiger partial charge in [-0.05, 0) is 35.7 Å². The first-order valence-electron chi connectivity index (χ1n) is 5.93. The molecule has 2 heterocycles. The van der Waals surface area contributed by atoms with E-state index in [1.807, 2.05) is 13.0 Å². The molecule has 0 atom stereocenters. The average molecular weight is 302 g/mol. The van der Waals surface area contributed by atoms with Crippen LogP contribution in [0.1, 0.15) is 29.6 Å². The standard InChI is InChI=1S/C13H11ClF3N3/c1-2-8-3-4-9(18-7-8)5-10-6-11(13(15,16)17)20-12(14)19-10/h3-4,6-7H,2,5H2,1H3. The van der Waals surface area contributed by atoms with Crippen LogP contribution in [0.25, 0.3) is 0 Å². The number of hydrogen-bond acceptors (Lipinski definition) is 3. The monoisotopic (exact) mass is 301 g/mol. The third kappa shape index (κ3) is 3.66. The highest BCUT2D eigenvalue weighted by Gasteiger charge is 2.33. The molecule has 2 aromatic rings. The van der Waals surface area contributed by atoms with E-state index in [4.69, 9.17) is 11.6 Å². The van der Waals surface area contributed by atoms with E-state index in [0.717, 1.165) is 18.1 Å². The summed E-state index contributed by atoms with van der Waals surface area (Å²) < 4.78 is 37.9. The van der Waals surface area contributed by atoms with Gasteiger partial charge in [0.1, 0.15) is 5.69 Å². The second kappa shape index (κ2) is 5.75. The largest absolute Gasteiger partial charge is 0.433 e. The summed E-state index contributed by atoms with van der Waals surface area (Å²) >= 11 is 5.53. The van der Waals surface area contributed by atoms with Gasteiger partial charge in [-0.25, -0.2) is 9.97 Å². The van der Waals surface area contributed by atoms with Crippen molar-refractivity contribution in [2.75, 3.05) is 0 Å². The molecule has 0 N–H and O–H groups in total. The van der Waals surface area contributed by atoms with Gasteiger partial charge in [-0.15, -0.1) is 0 Å². The van der Waals surface area contributed by atoms with Gasteiger partial charge >= 0.3 is 6.18 Å². The molecule has 2 rings (SSSR count). The Morgan fingerprint density at radius 3 is 2.45 bits per heavy atom. The van der Waals surface area contributed by atoms with Crippen LogP contribution in [0.5, 0.6) is 0 Å². The molecular formula is C13H11ClF3N3. The fraction of sp³-hybridized carbons (Fsp3) is 0.308. The lowest BCUT2D eigenvalue weighted by Gasteiger charge is -2.08. The summed E-state index contributed by atoms with van der Waals surface area (Å²) in [7, 11) is 0. The van der Waals surface area contributed by atoms with Crippen molar-refractivity contribution in [3.63, 3.8) is 0 Å². The molecule has 0 amide bonds. The van der Waals surface area contributed by atoms with Crippen LogP contribution in [0.2, 0.25) is 5.28 Å². The second-order valence-corrected chi connectivity index (χ2v) is 4.54. The Balaban J connectivity index is 2.26. The average Bonchev–Trinajstić information content (AvgIpc) is 2.38. The number of aromatic nitrogens is 3. The maximum atomic E-state index is 12.6. The summed E-state index contributed by atoms with van der Waals surface area (Å²) in [6.45, 7) is 2.00. The van der Waals surface area contributed by atoms with Crippen molar-refractivity contribution in [2.45, 2.75) is 25.9 Å². The minimum absolute atomic E-state index is 0.176. The van der Waals surface area contributed by atoms with Crippen molar-refractivity contribution in [3.05, 3.63) is 52.3 Å². The Morgan fingerprint density at radius 2 is 1.90 bits per heavy atom. The maximum Gasteiger partial charge on any atom is 0.433 e. The second-order valence-electron chi connectivity index (χ2n) is 4.20.